The maximum Gasteiger partial charge on any atom is 0.274 e. The van der Waals surface area contributed by atoms with Gasteiger partial charge in [-0.15, -0.1) is 0 Å². The Morgan fingerprint density at radius 3 is 2.15 bits per heavy atom. The van der Waals surface area contributed by atoms with Crippen LogP contribution in [0.3, 0.4) is 0 Å². The minimum absolute atomic E-state index is 0.0720. The summed E-state index contributed by atoms with van der Waals surface area (Å²) >= 11 is 0. The summed E-state index contributed by atoms with van der Waals surface area (Å²) in [6.45, 7) is 9.91. The Morgan fingerprint density at radius 2 is 1.70 bits per heavy atom. The summed E-state index contributed by atoms with van der Waals surface area (Å²) in [7, 11) is 0. The lowest BCUT2D eigenvalue weighted by molar-refractivity contribution is -0.140. The van der Waals surface area contributed by atoms with Crippen molar-refractivity contribution in [3.8, 4) is 0 Å². The van der Waals surface area contributed by atoms with E-state index in [1.165, 1.54) is 0 Å². The van der Waals surface area contributed by atoms with Crippen LogP contribution in [0, 0.1) is 12.3 Å². The molecule has 0 saturated carbocycles. The van der Waals surface area contributed by atoms with Gasteiger partial charge in [0.2, 0.25) is 5.91 Å². The predicted octanol–water partition coefficient (Wildman–Crippen LogP) is 1.05. The van der Waals surface area contributed by atoms with Crippen LogP contribution in [0.4, 0.5) is 0 Å². The molecule has 6 nitrogen and oxygen atoms in total. The Kier molecular flexibility index (Phi) is 3.83. The van der Waals surface area contributed by atoms with Crippen LogP contribution >= 0.6 is 0 Å². The molecule has 0 radical (unpaired) electrons. The molecule has 0 spiro atoms. The number of hydrogen-bond donors (Lipinski definition) is 1. The van der Waals surface area contributed by atoms with Crippen molar-refractivity contribution in [2.24, 2.45) is 5.41 Å². The van der Waals surface area contributed by atoms with Crippen LogP contribution in [0.2, 0.25) is 0 Å². The Labute approximate surface area is 119 Å². The molecule has 6 heteroatoms. The molecule has 1 fully saturated rings. The van der Waals surface area contributed by atoms with E-state index in [9.17, 15) is 9.59 Å². The van der Waals surface area contributed by atoms with Crippen LogP contribution in [-0.2, 0) is 4.79 Å². The molecule has 1 aromatic rings. The van der Waals surface area contributed by atoms with Gasteiger partial charge in [0.15, 0.2) is 0 Å². The number of hydrogen-bond acceptors (Lipinski definition) is 3. The molecule has 0 aliphatic carbocycles. The minimum Gasteiger partial charge on any atom is -0.339 e. The van der Waals surface area contributed by atoms with Crippen molar-refractivity contribution < 1.29 is 9.59 Å². The lowest BCUT2D eigenvalue weighted by atomic mass is 9.94. The Morgan fingerprint density at radius 1 is 1.15 bits per heavy atom. The standard InChI is InChI=1S/C14H22N4O2/c1-10-9-11(16-15-10)12(19)17-5-7-18(8-6-17)13(20)14(2,3)4/h9H,5-8H2,1-4H3,(H,15,16). The molecule has 20 heavy (non-hydrogen) atoms. The second-order valence-electron chi connectivity index (χ2n) is 6.27. The first-order valence-electron chi connectivity index (χ1n) is 6.89. The van der Waals surface area contributed by atoms with E-state index in [1.54, 1.807) is 11.0 Å². The second-order valence-corrected chi connectivity index (χ2v) is 6.27. The van der Waals surface area contributed by atoms with Gasteiger partial charge in [-0.05, 0) is 13.0 Å². The zero-order valence-corrected chi connectivity index (χ0v) is 12.6. The summed E-state index contributed by atoms with van der Waals surface area (Å²) in [5.74, 6) is 0.0671. The largest absolute Gasteiger partial charge is 0.339 e. The minimum atomic E-state index is -0.370. The molecule has 2 rings (SSSR count). The van der Waals surface area contributed by atoms with Crippen LogP contribution in [-0.4, -0.2) is 58.0 Å². The quantitative estimate of drug-likeness (QED) is 0.834. The van der Waals surface area contributed by atoms with E-state index < -0.39 is 0 Å². The summed E-state index contributed by atoms with van der Waals surface area (Å²) in [5, 5.41) is 6.76. The molecule has 0 bridgehead atoms. The second kappa shape index (κ2) is 5.26. The molecular weight excluding hydrogens is 256 g/mol. The number of amides is 2. The van der Waals surface area contributed by atoms with Crippen LogP contribution < -0.4 is 0 Å². The Hall–Kier alpha value is -1.85. The van der Waals surface area contributed by atoms with Gasteiger partial charge in [0, 0.05) is 37.3 Å². The summed E-state index contributed by atoms with van der Waals surface area (Å²) in [4.78, 5) is 28.0. The van der Waals surface area contributed by atoms with Gasteiger partial charge in [0.1, 0.15) is 5.69 Å². The average Bonchev–Trinajstić information content (AvgIpc) is 2.83. The summed E-state index contributed by atoms with van der Waals surface area (Å²) < 4.78 is 0. The van der Waals surface area contributed by atoms with Gasteiger partial charge in [0.05, 0.1) is 0 Å². The number of aromatic amines is 1. The normalized spacial score (nSPS) is 16.4. The zero-order chi connectivity index (χ0) is 14.9. The van der Waals surface area contributed by atoms with Crippen molar-refractivity contribution in [1.82, 2.24) is 20.0 Å². The number of rotatable bonds is 1. The fourth-order valence-corrected chi connectivity index (χ4v) is 2.28. The highest BCUT2D eigenvalue weighted by Crippen LogP contribution is 2.19. The van der Waals surface area contributed by atoms with E-state index in [4.69, 9.17) is 0 Å². The van der Waals surface area contributed by atoms with Crippen LogP contribution in [0.25, 0.3) is 0 Å². The van der Waals surface area contributed by atoms with E-state index in [2.05, 4.69) is 10.2 Å². The monoisotopic (exact) mass is 278 g/mol. The number of nitrogens with one attached hydrogen (secondary N) is 1. The maximum absolute atomic E-state index is 12.2. The van der Waals surface area contributed by atoms with Crippen molar-refractivity contribution in [3.63, 3.8) is 0 Å². The van der Waals surface area contributed by atoms with Gasteiger partial charge in [-0.1, -0.05) is 20.8 Å². The highest BCUT2D eigenvalue weighted by molar-refractivity contribution is 5.92. The maximum atomic E-state index is 12.2. The third-order valence-corrected chi connectivity index (χ3v) is 3.42. The third-order valence-electron chi connectivity index (χ3n) is 3.42. The molecule has 2 heterocycles. The first-order valence-corrected chi connectivity index (χ1v) is 6.89. The number of piperazine rings is 1. The van der Waals surface area contributed by atoms with Gasteiger partial charge in [-0.2, -0.15) is 5.10 Å². The highest BCUT2D eigenvalue weighted by Gasteiger charge is 2.31. The summed E-state index contributed by atoms with van der Waals surface area (Å²) in [6, 6.07) is 1.75. The number of carbonyl (C=O) groups is 2. The Bertz CT molecular complexity index is 507. The van der Waals surface area contributed by atoms with Crippen molar-refractivity contribution in [1.29, 1.82) is 0 Å². The molecular formula is C14H22N4O2. The topological polar surface area (TPSA) is 69.3 Å². The molecule has 0 aromatic carbocycles. The predicted molar refractivity (Wildman–Crippen MR) is 75.3 cm³/mol. The van der Waals surface area contributed by atoms with Gasteiger partial charge in [-0.25, -0.2) is 0 Å². The molecule has 0 atom stereocenters. The van der Waals surface area contributed by atoms with Crippen molar-refractivity contribution in [2.45, 2.75) is 27.7 Å². The molecule has 1 N–H and O–H groups in total. The molecule has 1 aromatic heterocycles. The molecule has 1 saturated heterocycles. The van der Waals surface area contributed by atoms with E-state index in [-0.39, 0.29) is 17.2 Å². The number of aromatic nitrogens is 2. The molecule has 0 unspecified atom stereocenters. The van der Waals surface area contributed by atoms with Crippen molar-refractivity contribution in [2.75, 3.05) is 26.2 Å². The summed E-state index contributed by atoms with van der Waals surface area (Å²) in [5.41, 5.74) is 0.943. The SMILES string of the molecule is Cc1cc(C(=O)N2CCN(C(=O)C(C)(C)C)CC2)n[nH]1. The molecule has 1 aliphatic rings. The van der Waals surface area contributed by atoms with Gasteiger partial charge >= 0.3 is 0 Å². The van der Waals surface area contributed by atoms with Gasteiger partial charge in [0.25, 0.3) is 5.91 Å². The average molecular weight is 278 g/mol. The van der Waals surface area contributed by atoms with Crippen LogP contribution in [0.5, 0.6) is 0 Å². The van der Waals surface area contributed by atoms with E-state index in [1.807, 2.05) is 32.6 Å². The molecule has 1 aliphatic heterocycles. The van der Waals surface area contributed by atoms with Crippen molar-refractivity contribution >= 4 is 11.8 Å². The first-order chi connectivity index (χ1) is 9.29. The fourth-order valence-electron chi connectivity index (χ4n) is 2.28. The van der Waals surface area contributed by atoms with E-state index >= 15 is 0 Å². The van der Waals surface area contributed by atoms with E-state index in [0.29, 0.717) is 31.9 Å². The van der Waals surface area contributed by atoms with E-state index in [0.717, 1.165) is 5.69 Å². The number of carbonyl (C=O) groups excluding carboxylic acids is 2. The highest BCUT2D eigenvalue weighted by atomic mass is 16.2. The van der Waals surface area contributed by atoms with Gasteiger partial charge in [-0.3, -0.25) is 14.7 Å². The smallest absolute Gasteiger partial charge is 0.274 e. The number of H-pyrrole nitrogens is 1. The van der Waals surface area contributed by atoms with Crippen LogP contribution in [0.15, 0.2) is 6.07 Å². The number of nitrogens with zero attached hydrogens (tertiary/aromatic N) is 3. The van der Waals surface area contributed by atoms with Gasteiger partial charge < -0.3 is 9.80 Å². The lowest BCUT2D eigenvalue weighted by Gasteiger charge is -2.37. The molecule has 2 amide bonds. The molecule has 110 valence electrons. The van der Waals surface area contributed by atoms with Crippen LogP contribution in [0.1, 0.15) is 37.0 Å². The lowest BCUT2D eigenvalue weighted by Crippen LogP contribution is -2.53. The summed E-state index contributed by atoms with van der Waals surface area (Å²) in [6.07, 6.45) is 0. The number of aryl methyl sites for hydroxylation is 1. The fraction of sp³-hybridized carbons (Fsp3) is 0.643. The van der Waals surface area contributed by atoms with Crippen molar-refractivity contribution in [3.05, 3.63) is 17.5 Å². The Balaban J connectivity index is 1.95. The zero-order valence-electron chi connectivity index (χ0n) is 12.6. The third kappa shape index (κ3) is 3.00. The first kappa shape index (κ1) is 14.6.